The third-order valence-electron chi connectivity index (χ3n) is 3.01. The van der Waals surface area contributed by atoms with Gasteiger partial charge in [0.1, 0.15) is 17.1 Å². The fourth-order valence-electron chi connectivity index (χ4n) is 1.96. The van der Waals surface area contributed by atoms with Gasteiger partial charge in [-0.15, -0.1) is 0 Å². The van der Waals surface area contributed by atoms with Crippen molar-refractivity contribution in [2.24, 2.45) is 0 Å². The maximum absolute atomic E-state index is 13.5. The molecule has 0 bridgehead atoms. The Labute approximate surface area is 110 Å². The van der Waals surface area contributed by atoms with E-state index in [0.717, 1.165) is 11.1 Å². The number of aromatic carboxylic acids is 1. The van der Waals surface area contributed by atoms with E-state index in [1.54, 1.807) is 31.2 Å². The molecule has 0 atom stereocenters. The van der Waals surface area contributed by atoms with Gasteiger partial charge in [0.15, 0.2) is 0 Å². The smallest absolute Gasteiger partial charge is 0.339 e. The molecule has 0 amide bonds. The highest BCUT2D eigenvalue weighted by Crippen LogP contribution is 2.30. The molecular weight excluding hydrogens is 247 g/mol. The Kier molecular flexibility index (Phi) is 3.51. The molecule has 1 N–H and O–H groups in total. The lowest BCUT2D eigenvalue weighted by Gasteiger charge is -2.10. The normalized spacial score (nSPS) is 10.3. The molecule has 2 aromatic carbocycles. The number of hydrogen-bond acceptors (Lipinski definition) is 2. The van der Waals surface area contributed by atoms with Crippen molar-refractivity contribution >= 4 is 5.97 Å². The lowest BCUT2D eigenvalue weighted by molar-refractivity contribution is 0.0693. The van der Waals surface area contributed by atoms with Gasteiger partial charge in [-0.2, -0.15) is 0 Å². The summed E-state index contributed by atoms with van der Waals surface area (Å²) in [5, 5.41) is 9.02. The van der Waals surface area contributed by atoms with Crippen LogP contribution < -0.4 is 4.74 Å². The maximum atomic E-state index is 13.5. The van der Waals surface area contributed by atoms with Crippen molar-refractivity contribution in [1.29, 1.82) is 0 Å². The van der Waals surface area contributed by atoms with Gasteiger partial charge < -0.3 is 9.84 Å². The van der Waals surface area contributed by atoms with Crippen molar-refractivity contribution in [2.75, 3.05) is 7.11 Å². The predicted molar refractivity (Wildman–Crippen MR) is 70.1 cm³/mol. The van der Waals surface area contributed by atoms with Gasteiger partial charge in [0.25, 0.3) is 0 Å². The summed E-state index contributed by atoms with van der Waals surface area (Å²) in [6, 6.07) is 9.50. The Morgan fingerprint density at radius 1 is 1.26 bits per heavy atom. The van der Waals surface area contributed by atoms with E-state index in [2.05, 4.69) is 0 Å². The number of rotatable bonds is 3. The second-order valence-electron chi connectivity index (χ2n) is 4.13. The second-order valence-corrected chi connectivity index (χ2v) is 4.13. The number of benzene rings is 2. The largest absolute Gasteiger partial charge is 0.496 e. The summed E-state index contributed by atoms with van der Waals surface area (Å²) in [6.07, 6.45) is 0. The molecule has 0 aliphatic rings. The number of carboxylic acids is 1. The Bertz CT molecular complexity index is 635. The Morgan fingerprint density at radius 2 is 2.00 bits per heavy atom. The summed E-state index contributed by atoms with van der Waals surface area (Å²) in [7, 11) is 1.41. The molecule has 98 valence electrons. The average Bonchev–Trinajstić information content (AvgIpc) is 2.41. The standard InChI is InChI=1S/C15H13FO3/c1-9-11(4-3-5-13(9)16)10-6-7-12(15(17)18)14(8-10)19-2/h3-8H,1-2H3,(H,17,18). The van der Waals surface area contributed by atoms with Crippen molar-refractivity contribution in [2.45, 2.75) is 6.92 Å². The minimum absolute atomic E-state index is 0.0836. The van der Waals surface area contributed by atoms with E-state index in [9.17, 15) is 9.18 Å². The van der Waals surface area contributed by atoms with Crippen LogP contribution in [0.3, 0.4) is 0 Å². The third-order valence-corrected chi connectivity index (χ3v) is 3.01. The van der Waals surface area contributed by atoms with Crippen LogP contribution in [0.25, 0.3) is 11.1 Å². The van der Waals surface area contributed by atoms with Crippen molar-refractivity contribution in [3.8, 4) is 16.9 Å². The van der Waals surface area contributed by atoms with E-state index in [1.165, 1.54) is 19.2 Å². The van der Waals surface area contributed by atoms with E-state index >= 15 is 0 Å². The van der Waals surface area contributed by atoms with Crippen molar-refractivity contribution in [1.82, 2.24) is 0 Å². The number of ether oxygens (including phenoxy) is 1. The Morgan fingerprint density at radius 3 is 2.63 bits per heavy atom. The van der Waals surface area contributed by atoms with E-state index in [0.29, 0.717) is 5.56 Å². The first-order valence-corrected chi connectivity index (χ1v) is 5.71. The predicted octanol–water partition coefficient (Wildman–Crippen LogP) is 3.51. The van der Waals surface area contributed by atoms with E-state index in [1.807, 2.05) is 0 Å². The minimum atomic E-state index is -1.06. The molecule has 19 heavy (non-hydrogen) atoms. The molecule has 0 spiro atoms. The quantitative estimate of drug-likeness (QED) is 0.918. The molecule has 0 saturated heterocycles. The van der Waals surface area contributed by atoms with Crippen LogP contribution in [0.1, 0.15) is 15.9 Å². The van der Waals surface area contributed by atoms with Crippen LogP contribution in [-0.4, -0.2) is 18.2 Å². The van der Waals surface area contributed by atoms with E-state index in [-0.39, 0.29) is 17.1 Å². The highest BCUT2D eigenvalue weighted by Gasteiger charge is 2.13. The van der Waals surface area contributed by atoms with Gasteiger partial charge in [-0.25, -0.2) is 9.18 Å². The molecule has 0 aliphatic carbocycles. The number of methoxy groups -OCH3 is 1. The van der Waals surface area contributed by atoms with Crippen LogP contribution in [-0.2, 0) is 0 Å². The molecule has 0 aromatic heterocycles. The molecule has 0 unspecified atom stereocenters. The molecule has 0 heterocycles. The van der Waals surface area contributed by atoms with Crippen LogP contribution in [0, 0.1) is 12.7 Å². The highest BCUT2D eigenvalue weighted by molar-refractivity contribution is 5.92. The van der Waals surface area contributed by atoms with Gasteiger partial charge in [0.2, 0.25) is 0 Å². The van der Waals surface area contributed by atoms with Gasteiger partial charge >= 0.3 is 5.97 Å². The van der Waals surface area contributed by atoms with Crippen LogP contribution in [0.2, 0.25) is 0 Å². The second kappa shape index (κ2) is 5.10. The zero-order valence-electron chi connectivity index (χ0n) is 10.6. The first-order valence-electron chi connectivity index (χ1n) is 5.71. The molecule has 0 aliphatic heterocycles. The molecule has 2 rings (SSSR count). The molecule has 4 heteroatoms. The first kappa shape index (κ1) is 13.1. The maximum Gasteiger partial charge on any atom is 0.339 e. The monoisotopic (exact) mass is 260 g/mol. The third kappa shape index (κ3) is 2.42. The van der Waals surface area contributed by atoms with Gasteiger partial charge in [0.05, 0.1) is 7.11 Å². The number of carbonyl (C=O) groups is 1. The number of carboxylic acid groups (broad SMARTS) is 1. The van der Waals surface area contributed by atoms with Gasteiger partial charge in [-0.05, 0) is 41.8 Å². The van der Waals surface area contributed by atoms with Crippen LogP contribution in [0.4, 0.5) is 4.39 Å². The number of halogens is 1. The lowest BCUT2D eigenvalue weighted by Crippen LogP contribution is -2.00. The summed E-state index contributed by atoms with van der Waals surface area (Å²) in [6.45, 7) is 1.68. The zero-order chi connectivity index (χ0) is 14.0. The van der Waals surface area contributed by atoms with Crippen molar-refractivity contribution < 1.29 is 19.0 Å². The molecule has 3 nitrogen and oxygen atoms in total. The summed E-state index contributed by atoms with van der Waals surface area (Å²) < 4.78 is 18.6. The summed E-state index contributed by atoms with van der Waals surface area (Å²) in [5.41, 5.74) is 2.04. The summed E-state index contributed by atoms with van der Waals surface area (Å²) in [4.78, 5) is 11.0. The van der Waals surface area contributed by atoms with Gasteiger partial charge in [-0.3, -0.25) is 0 Å². The lowest BCUT2D eigenvalue weighted by atomic mass is 9.98. The minimum Gasteiger partial charge on any atom is -0.496 e. The topological polar surface area (TPSA) is 46.5 Å². The fraction of sp³-hybridized carbons (Fsp3) is 0.133. The zero-order valence-corrected chi connectivity index (χ0v) is 10.6. The van der Waals surface area contributed by atoms with Gasteiger partial charge in [0, 0.05) is 0 Å². The first-order chi connectivity index (χ1) is 9.04. The average molecular weight is 260 g/mol. The SMILES string of the molecule is COc1cc(-c2cccc(F)c2C)ccc1C(=O)O. The molecular formula is C15H13FO3. The summed E-state index contributed by atoms with van der Waals surface area (Å²) in [5.74, 6) is -1.09. The summed E-state index contributed by atoms with van der Waals surface area (Å²) >= 11 is 0. The van der Waals surface area contributed by atoms with Crippen LogP contribution in [0.15, 0.2) is 36.4 Å². The Balaban J connectivity index is 2.58. The Hall–Kier alpha value is -2.36. The van der Waals surface area contributed by atoms with Crippen LogP contribution in [0.5, 0.6) is 5.75 Å². The van der Waals surface area contributed by atoms with E-state index in [4.69, 9.17) is 9.84 Å². The molecule has 0 radical (unpaired) electrons. The van der Waals surface area contributed by atoms with Crippen molar-refractivity contribution in [3.63, 3.8) is 0 Å². The molecule has 0 fully saturated rings. The van der Waals surface area contributed by atoms with Crippen LogP contribution >= 0.6 is 0 Å². The van der Waals surface area contributed by atoms with E-state index < -0.39 is 5.97 Å². The molecule has 2 aromatic rings. The number of hydrogen-bond donors (Lipinski definition) is 1. The molecule has 0 saturated carbocycles. The fourth-order valence-corrected chi connectivity index (χ4v) is 1.96. The van der Waals surface area contributed by atoms with Crippen molar-refractivity contribution in [3.05, 3.63) is 53.3 Å². The highest BCUT2D eigenvalue weighted by atomic mass is 19.1. The van der Waals surface area contributed by atoms with Gasteiger partial charge in [-0.1, -0.05) is 18.2 Å².